The van der Waals surface area contributed by atoms with E-state index in [1.54, 1.807) is 18.4 Å². The van der Waals surface area contributed by atoms with Gasteiger partial charge in [0.1, 0.15) is 12.4 Å². The molecule has 0 spiro atoms. The van der Waals surface area contributed by atoms with E-state index in [1.807, 2.05) is 48.7 Å². The third-order valence-electron chi connectivity index (χ3n) is 5.82. The molecule has 0 bridgehead atoms. The van der Waals surface area contributed by atoms with Crippen LogP contribution >= 0.6 is 11.3 Å². The number of hydrogen-bond donors (Lipinski definition) is 1. The molecule has 0 radical (unpaired) electrons. The second kappa shape index (κ2) is 8.35. The molecule has 1 atom stereocenters. The number of carbonyl (C=O) groups excluding carboxylic acids is 2. The summed E-state index contributed by atoms with van der Waals surface area (Å²) in [5.41, 5.74) is 3.69. The zero-order valence-corrected chi connectivity index (χ0v) is 19.1. The Morgan fingerprint density at radius 3 is 2.58 bits per heavy atom. The third-order valence-corrected chi connectivity index (χ3v) is 6.75. The molecule has 5 nitrogen and oxygen atoms in total. The topological polar surface area (TPSA) is 64.6 Å². The van der Waals surface area contributed by atoms with Gasteiger partial charge in [-0.1, -0.05) is 32.0 Å². The lowest BCUT2D eigenvalue weighted by Gasteiger charge is -2.39. The molecule has 1 aliphatic heterocycles. The number of nitrogens with one attached hydrogen (secondary N) is 1. The monoisotopic (exact) mass is 437 g/mol. The standard InChI is InChI=1S/C25H27NO4S/c1-15-21(24(28)30-14-16-7-9-17(29-4)10-8-16)23(20-6-5-11-31-20)22-18(26-15)12-25(2,3)13-19(22)27/h5-11,23,26H,12-14H2,1-4H3. The summed E-state index contributed by atoms with van der Waals surface area (Å²) in [6.07, 6.45) is 1.25. The van der Waals surface area contributed by atoms with E-state index < -0.39 is 5.97 Å². The van der Waals surface area contributed by atoms with E-state index in [4.69, 9.17) is 9.47 Å². The molecule has 0 amide bonds. The predicted molar refractivity (Wildman–Crippen MR) is 121 cm³/mol. The number of benzene rings is 1. The number of Topliss-reactive ketones (excluding diaryl/α,β-unsaturated/α-hetero) is 1. The van der Waals surface area contributed by atoms with Crippen molar-refractivity contribution >= 4 is 23.1 Å². The lowest BCUT2D eigenvalue weighted by atomic mass is 9.70. The van der Waals surface area contributed by atoms with Crippen molar-refractivity contribution in [3.8, 4) is 5.75 Å². The highest BCUT2D eigenvalue weighted by molar-refractivity contribution is 7.10. The molecule has 1 unspecified atom stereocenters. The molecule has 1 N–H and O–H groups in total. The van der Waals surface area contributed by atoms with Crippen molar-refractivity contribution < 1.29 is 19.1 Å². The van der Waals surface area contributed by atoms with Gasteiger partial charge in [0.2, 0.25) is 0 Å². The fourth-order valence-electron chi connectivity index (χ4n) is 4.40. The summed E-state index contributed by atoms with van der Waals surface area (Å²) in [7, 11) is 1.61. The van der Waals surface area contributed by atoms with Gasteiger partial charge in [0.15, 0.2) is 5.78 Å². The van der Waals surface area contributed by atoms with Crippen molar-refractivity contribution in [2.24, 2.45) is 5.41 Å². The average molecular weight is 438 g/mol. The molecule has 31 heavy (non-hydrogen) atoms. The van der Waals surface area contributed by atoms with Crippen LogP contribution in [-0.2, 0) is 20.9 Å². The molecule has 1 aliphatic carbocycles. The zero-order valence-electron chi connectivity index (χ0n) is 18.3. The SMILES string of the molecule is COc1ccc(COC(=O)C2=C(C)NC3=C(C(=O)CC(C)(C)C3)C2c2cccs2)cc1. The maximum atomic E-state index is 13.2. The van der Waals surface area contributed by atoms with E-state index in [0.29, 0.717) is 17.6 Å². The van der Waals surface area contributed by atoms with Crippen LogP contribution in [-0.4, -0.2) is 18.9 Å². The summed E-state index contributed by atoms with van der Waals surface area (Å²) in [6.45, 7) is 6.26. The first-order valence-electron chi connectivity index (χ1n) is 10.4. The van der Waals surface area contributed by atoms with Crippen molar-refractivity contribution in [2.75, 3.05) is 7.11 Å². The van der Waals surface area contributed by atoms with Crippen LogP contribution in [0.2, 0.25) is 0 Å². The first-order chi connectivity index (χ1) is 14.8. The number of ketones is 1. The van der Waals surface area contributed by atoms with Crippen LogP contribution in [0.4, 0.5) is 0 Å². The number of methoxy groups -OCH3 is 1. The molecule has 162 valence electrons. The summed E-state index contributed by atoms with van der Waals surface area (Å²) in [4.78, 5) is 27.4. The fourth-order valence-corrected chi connectivity index (χ4v) is 5.24. The minimum atomic E-state index is -0.400. The molecule has 2 heterocycles. The summed E-state index contributed by atoms with van der Waals surface area (Å²) in [5, 5.41) is 5.34. The first-order valence-corrected chi connectivity index (χ1v) is 11.2. The maximum absolute atomic E-state index is 13.2. The Kier molecular flexibility index (Phi) is 5.75. The van der Waals surface area contributed by atoms with Crippen molar-refractivity contribution in [2.45, 2.75) is 46.1 Å². The lowest BCUT2D eigenvalue weighted by Crippen LogP contribution is -2.38. The Bertz CT molecular complexity index is 1060. The van der Waals surface area contributed by atoms with Crippen molar-refractivity contribution in [1.29, 1.82) is 0 Å². The minimum Gasteiger partial charge on any atom is -0.497 e. The van der Waals surface area contributed by atoms with Gasteiger partial charge in [-0.05, 0) is 47.9 Å². The first kappa shape index (κ1) is 21.4. The quantitative estimate of drug-likeness (QED) is 0.659. The molecule has 1 aromatic heterocycles. The van der Waals surface area contributed by atoms with Gasteiger partial charge in [-0.2, -0.15) is 0 Å². The molecule has 0 fully saturated rings. The zero-order chi connectivity index (χ0) is 22.2. The van der Waals surface area contributed by atoms with E-state index in [1.165, 1.54) is 0 Å². The summed E-state index contributed by atoms with van der Waals surface area (Å²) in [5.74, 6) is 0.0674. The van der Waals surface area contributed by atoms with E-state index >= 15 is 0 Å². The Morgan fingerprint density at radius 1 is 1.19 bits per heavy atom. The molecular formula is C25H27NO4S. The minimum absolute atomic E-state index is 0.102. The third kappa shape index (κ3) is 4.30. The van der Waals surface area contributed by atoms with E-state index in [0.717, 1.165) is 34.0 Å². The number of allylic oxidation sites excluding steroid dienone is 3. The molecular weight excluding hydrogens is 410 g/mol. The normalized spacial score (nSPS) is 20.3. The molecule has 1 aromatic carbocycles. The van der Waals surface area contributed by atoms with E-state index in [2.05, 4.69) is 19.2 Å². The number of rotatable bonds is 5. The van der Waals surface area contributed by atoms with E-state index in [9.17, 15) is 9.59 Å². The fraction of sp³-hybridized carbons (Fsp3) is 0.360. The highest BCUT2D eigenvalue weighted by Crippen LogP contribution is 2.47. The lowest BCUT2D eigenvalue weighted by molar-refractivity contribution is -0.140. The van der Waals surface area contributed by atoms with Crippen molar-refractivity contribution in [1.82, 2.24) is 5.32 Å². The molecule has 6 heteroatoms. The Balaban J connectivity index is 1.64. The van der Waals surface area contributed by atoms with Gasteiger partial charge in [-0.25, -0.2) is 4.79 Å². The smallest absolute Gasteiger partial charge is 0.337 e. The number of hydrogen-bond acceptors (Lipinski definition) is 6. The Morgan fingerprint density at radius 2 is 1.94 bits per heavy atom. The van der Waals surface area contributed by atoms with Gasteiger partial charge in [0.25, 0.3) is 0 Å². The largest absolute Gasteiger partial charge is 0.497 e. The maximum Gasteiger partial charge on any atom is 0.337 e. The van der Waals surface area contributed by atoms with Crippen LogP contribution in [0.15, 0.2) is 64.3 Å². The van der Waals surface area contributed by atoms with Crippen LogP contribution in [0.1, 0.15) is 50.0 Å². The van der Waals surface area contributed by atoms with Crippen LogP contribution in [0.3, 0.4) is 0 Å². The van der Waals surface area contributed by atoms with Gasteiger partial charge in [-0.3, -0.25) is 4.79 Å². The van der Waals surface area contributed by atoms with Gasteiger partial charge in [0, 0.05) is 28.3 Å². The van der Waals surface area contributed by atoms with Crippen LogP contribution in [0.5, 0.6) is 5.75 Å². The Labute approximate surface area is 186 Å². The van der Waals surface area contributed by atoms with E-state index in [-0.39, 0.29) is 23.7 Å². The molecule has 0 saturated heterocycles. The van der Waals surface area contributed by atoms with Crippen molar-refractivity contribution in [3.63, 3.8) is 0 Å². The van der Waals surface area contributed by atoms with Gasteiger partial charge < -0.3 is 14.8 Å². The van der Waals surface area contributed by atoms with Crippen molar-refractivity contribution in [3.05, 3.63) is 74.8 Å². The number of thiophene rings is 1. The molecule has 4 rings (SSSR count). The van der Waals surface area contributed by atoms with Gasteiger partial charge in [-0.15, -0.1) is 11.3 Å². The van der Waals surface area contributed by atoms with Gasteiger partial charge in [0.05, 0.1) is 18.6 Å². The number of dihydropyridines is 1. The summed E-state index contributed by atoms with van der Waals surface area (Å²) < 4.78 is 10.9. The second-order valence-electron chi connectivity index (χ2n) is 8.87. The Hall–Kier alpha value is -2.86. The molecule has 0 saturated carbocycles. The number of carbonyl (C=O) groups is 2. The van der Waals surface area contributed by atoms with Crippen LogP contribution in [0, 0.1) is 5.41 Å². The molecule has 2 aromatic rings. The number of esters is 1. The van der Waals surface area contributed by atoms with Gasteiger partial charge >= 0.3 is 5.97 Å². The number of ether oxygens (including phenoxy) is 2. The van der Waals surface area contributed by atoms with Crippen LogP contribution in [0.25, 0.3) is 0 Å². The predicted octanol–water partition coefficient (Wildman–Crippen LogP) is 5.10. The highest BCUT2D eigenvalue weighted by atomic mass is 32.1. The molecule has 2 aliphatic rings. The second-order valence-corrected chi connectivity index (χ2v) is 9.85. The average Bonchev–Trinajstić information content (AvgIpc) is 3.25. The highest BCUT2D eigenvalue weighted by Gasteiger charge is 2.43. The summed E-state index contributed by atoms with van der Waals surface area (Å²) >= 11 is 1.56. The summed E-state index contributed by atoms with van der Waals surface area (Å²) in [6, 6.07) is 11.4. The van der Waals surface area contributed by atoms with Crippen LogP contribution < -0.4 is 10.1 Å².